The van der Waals surface area contributed by atoms with E-state index < -0.39 is 0 Å². The number of aromatic nitrogens is 2. The number of nitrogens with one attached hydrogen (secondary N) is 1. The Balaban J connectivity index is 2.19. The molecule has 1 N–H and O–H groups in total. The van der Waals surface area contributed by atoms with E-state index in [0.717, 1.165) is 17.1 Å². The molecule has 2 aromatic heterocycles. The van der Waals surface area contributed by atoms with Crippen molar-refractivity contribution in [1.82, 2.24) is 15.3 Å². The molecule has 0 fully saturated rings. The highest BCUT2D eigenvalue weighted by Crippen LogP contribution is 2.30. The number of aryl methyl sites for hydroxylation is 2. The number of nitrogens with zero attached hydrogens (tertiary/aromatic N) is 2. The van der Waals surface area contributed by atoms with Gasteiger partial charge in [-0.05, 0) is 20.9 Å². The standard InChI is InChI=1S/C15H23N3S2/c1-9-14(20-10(2)17-9)11(16-6)7-13-18-12(8-19-13)15(3,4)5/h8,11,16H,7H2,1-6H3. The van der Waals surface area contributed by atoms with Crippen LogP contribution in [0, 0.1) is 13.8 Å². The SMILES string of the molecule is CNC(Cc1nc(C(C)(C)C)cs1)c1sc(C)nc1C. The molecule has 5 heteroatoms. The molecule has 1 atom stereocenters. The van der Waals surface area contributed by atoms with Crippen LogP contribution in [-0.4, -0.2) is 17.0 Å². The fourth-order valence-electron chi connectivity index (χ4n) is 2.12. The summed E-state index contributed by atoms with van der Waals surface area (Å²) in [5.41, 5.74) is 2.45. The topological polar surface area (TPSA) is 37.8 Å². The monoisotopic (exact) mass is 309 g/mol. The van der Waals surface area contributed by atoms with Crippen LogP contribution in [0.5, 0.6) is 0 Å². The van der Waals surface area contributed by atoms with Crippen LogP contribution in [0.1, 0.15) is 53.1 Å². The van der Waals surface area contributed by atoms with E-state index in [1.165, 1.54) is 15.6 Å². The summed E-state index contributed by atoms with van der Waals surface area (Å²) in [5, 5.41) is 7.92. The maximum absolute atomic E-state index is 4.79. The van der Waals surface area contributed by atoms with Gasteiger partial charge in [0.15, 0.2) is 0 Å². The van der Waals surface area contributed by atoms with Crippen molar-refractivity contribution in [2.24, 2.45) is 0 Å². The number of likely N-dealkylation sites (N-methyl/N-ethyl adjacent to an activating group) is 1. The molecule has 0 saturated heterocycles. The predicted molar refractivity (Wildman–Crippen MR) is 87.9 cm³/mol. The van der Waals surface area contributed by atoms with Crippen molar-refractivity contribution in [1.29, 1.82) is 0 Å². The maximum atomic E-state index is 4.79. The van der Waals surface area contributed by atoms with Gasteiger partial charge in [-0.2, -0.15) is 0 Å². The fraction of sp³-hybridized carbons (Fsp3) is 0.600. The van der Waals surface area contributed by atoms with Gasteiger partial charge in [-0.3, -0.25) is 0 Å². The summed E-state index contributed by atoms with van der Waals surface area (Å²) in [6, 6.07) is 0.306. The average Bonchev–Trinajstić information content (AvgIpc) is 2.92. The first kappa shape index (κ1) is 15.6. The van der Waals surface area contributed by atoms with Gasteiger partial charge in [-0.15, -0.1) is 22.7 Å². The zero-order valence-corrected chi connectivity index (χ0v) is 14.7. The van der Waals surface area contributed by atoms with Crippen LogP contribution < -0.4 is 5.32 Å². The van der Waals surface area contributed by atoms with E-state index in [9.17, 15) is 0 Å². The largest absolute Gasteiger partial charge is 0.312 e. The van der Waals surface area contributed by atoms with Gasteiger partial charge < -0.3 is 5.32 Å². The molecule has 2 heterocycles. The zero-order chi connectivity index (χ0) is 14.9. The Hall–Kier alpha value is -0.780. The maximum Gasteiger partial charge on any atom is 0.0947 e. The van der Waals surface area contributed by atoms with Gasteiger partial charge in [0.2, 0.25) is 0 Å². The molecule has 0 amide bonds. The minimum absolute atomic E-state index is 0.126. The predicted octanol–water partition coefficient (Wildman–Crippen LogP) is 4.02. The third-order valence-electron chi connectivity index (χ3n) is 3.30. The Morgan fingerprint density at radius 1 is 1.25 bits per heavy atom. The Morgan fingerprint density at radius 3 is 2.40 bits per heavy atom. The van der Waals surface area contributed by atoms with Gasteiger partial charge in [-0.25, -0.2) is 9.97 Å². The molecule has 0 aliphatic carbocycles. The molecule has 110 valence electrons. The van der Waals surface area contributed by atoms with E-state index in [1.807, 2.05) is 7.05 Å². The first-order chi connectivity index (χ1) is 9.31. The quantitative estimate of drug-likeness (QED) is 0.927. The van der Waals surface area contributed by atoms with Crippen LogP contribution in [0.25, 0.3) is 0 Å². The van der Waals surface area contributed by atoms with Crippen molar-refractivity contribution >= 4 is 22.7 Å². The molecule has 0 aromatic carbocycles. The van der Waals surface area contributed by atoms with Gasteiger partial charge in [0.1, 0.15) is 0 Å². The molecule has 0 radical (unpaired) electrons. The number of thiazole rings is 2. The van der Waals surface area contributed by atoms with Gasteiger partial charge in [0.25, 0.3) is 0 Å². The highest BCUT2D eigenvalue weighted by molar-refractivity contribution is 7.11. The van der Waals surface area contributed by atoms with Crippen molar-refractivity contribution in [3.05, 3.63) is 31.7 Å². The summed E-state index contributed by atoms with van der Waals surface area (Å²) >= 11 is 3.54. The second-order valence-corrected chi connectivity index (χ2v) is 8.28. The molecular formula is C15H23N3S2. The van der Waals surface area contributed by atoms with Gasteiger partial charge in [0, 0.05) is 28.1 Å². The lowest BCUT2D eigenvalue weighted by Crippen LogP contribution is -2.19. The zero-order valence-electron chi connectivity index (χ0n) is 13.1. The first-order valence-electron chi connectivity index (χ1n) is 6.87. The van der Waals surface area contributed by atoms with Gasteiger partial charge in [0.05, 0.1) is 21.4 Å². The lowest BCUT2D eigenvalue weighted by Gasteiger charge is -2.15. The summed E-state index contributed by atoms with van der Waals surface area (Å²) < 4.78 is 0. The lowest BCUT2D eigenvalue weighted by atomic mass is 9.93. The Kier molecular flexibility index (Phi) is 4.62. The Labute approximate surface area is 129 Å². The molecule has 0 spiro atoms. The highest BCUT2D eigenvalue weighted by Gasteiger charge is 2.21. The molecule has 3 nitrogen and oxygen atoms in total. The van der Waals surface area contributed by atoms with Crippen LogP contribution >= 0.6 is 22.7 Å². The summed E-state index contributed by atoms with van der Waals surface area (Å²) in [5.74, 6) is 0. The molecule has 0 aliphatic heterocycles. The third-order valence-corrected chi connectivity index (χ3v) is 5.36. The van der Waals surface area contributed by atoms with E-state index in [4.69, 9.17) is 4.98 Å². The summed E-state index contributed by atoms with van der Waals surface area (Å²) in [6.45, 7) is 10.8. The van der Waals surface area contributed by atoms with Gasteiger partial charge in [-0.1, -0.05) is 20.8 Å². The Morgan fingerprint density at radius 2 is 1.95 bits per heavy atom. The summed E-state index contributed by atoms with van der Waals surface area (Å²) in [4.78, 5) is 10.7. The van der Waals surface area contributed by atoms with E-state index in [0.29, 0.717) is 6.04 Å². The van der Waals surface area contributed by atoms with E-state index in [1.54, 1.807) is 22.7 Å². The van der Waals surface area contributed by atoms with Crippen molar-refractivity contribution in [2.45, 2.75) is 52.5 Å². The first-order valence-corrected chi connectivity index (χ1v) is 8.57. The third kappa shape index (κ3) is 3.45. The normalized spacial score (nSPS) is 13.7. The smallest absolute Gasteiger partial charge is 0.0947 e. The van der Waals surface area contributed by atoms with Crippen LogP contribution in [-0.2, 0) is 11.8 Å². The molecule has 0 bridgehead atoms. The lowest BCUT2D eigenvalue weighted by molar-refractivity contribution is 0.561. The van der Waals surface area contributed by atoms with Crippen molar-refractivity contribution in [3.63, 3.8) is 0 Å². The fourth-order valence-corrected chi connectivity index (χ4v) is 4.23. The van der Waals surface area contributed by atoms with E-state index >= 15 is 0 Å². The van der Waals surface area contributed by atoms with Crippen molar-refractivity contribution in [3.8, 4) is 0 Å². The summed E-state index contributed by atoms with van der Waals surface area (Å²) in [6.07, 6.45) is 0.930. The second kappa shape index (κ2) is 5.92. The average molecular weight is 310 g/mol. The highest BCUT2D eigenvalue weighted by atomic mass is 32.1. The number of hydrogen-bond acceptors (Lipinski definition) is 5. The molecule has 2 rings (SSSR count). The summed E-state index contributed by atoms with van der Waals surface area (Å²) in [7, 11) is 2.01. The van der Waals surface area contributed by atoms with Gasteiger partial charge >= 0.3 is 0 Å². The Bertz CT molecular complexity index is 578. The molecule has 20 heavy (non-hydrogen) atoms. The van der Waals surface area contributed by atoms with Crippen molar-refractivity contribution < 1.29 is 0 Å². The van der Waals surface area contributed by atoms with Crippen LogP contribution in [0.4, 0.5) is 0 Å². The van der Waals surface area contributed by atoms with E-state index in [2.05, 4.69) is 50.3 Å². The van der Waals surface area contributed by atoms with Crippen LogP contribution in [0.2, 0.25) is 0 Å². The van der Waals surface area contributed by atoms with Crippen LogP contribution in [0.15, 0.2) is 5.38 Å². The number of hydrogen-bond donors (Lipinski definition) is 1. The molecule has 1 unspecified atom stereocenters. The molecular weight excluding hydrogens is 286 g/mol. The van der Waals surface area contributed by atoms with Crippen molar-refractivity contribution in [2.75, 3.05) is 7.05 Å². The van der Waals surface area contributed by atoms with Crippen LogP contribution in [0.3, 0.4) is 0 Å². The van der Waals surface area contributed by atoms with E-state index in [-0.39, 0.29) is 5.41 Å². The molecule has 2 aromatic rings. The minimum Gasteiger partial charge on any atom is -0.312 e. The minimum atomic E-state index is 0.126. The number of rotatable bonds is 4. The second-order valence-electron chi connectivity index (χ2n) is 6.10. The molecule has 0 saturated carbocycles. The molecule has 0 aliphatic rings.